The van der Waals surface area contributed by atoms with Crippen LogP contribution in [0.5, 0.6) is 5.75 Å². The van der Waals surface area contributed by atoms with Gasteiger partial charge in [-0.15, -0.1) is 0 Å². The molecule has 3 rings (SSSR count). The van der Waals surface area contributed by atoms with Crippen molar-refractivity contribution in [1.82, 2.24) is 0 Å². The second-order valence-electron chi connectivity index (χ2n) is 5.92. The summed E-state index contributed by atoms with van der Waals surface area (Å²) in [5.41, 5.74) is 2.48. The molecule has 0 atom stereocenters. The van der Waals surface area contributed by atoms with Gasteiger partial charge in [-0.1, -0.05) is 60.7 Å². The van der Waals surface area contributed by atoms with Gasteiger partial charge in [-0.25, -0.2) is 4.79 Å². The molecule has 0 aliphatic rings. The van der Waals surface area contributed by atoms with Crippen LogP contribution < -0.4 is 10.1 Å². The van der Waals surface area contributed by atoms with Gasteiger partial charge >= 0.3 is 5.97 Å². The standard InChI is InChI=1S/C24H19NO3/c26-23(17-11-19-7-3-1-4-8-19)25-21-13-15-22(16-14-21)28-24(27)18-12-20-9-5-2-6-10-20/h1-18H,(H,25,26)/b17-11+,18-12-. The van der Waals surface area contributed by atoms with Crippen LogP contribution in [0.2, 0.25) is 0 Å². The van der Waals surface area contributed by atoms with Crippen molar-refractivity contribution in [1.29, 1.82) is 0 Å². The van der Waals surface area contributed by atoms with Crippen molar-refractivity contribution in [2.45, 2.75) is 0 Å². The largest absolute Gasteiger partial charge is 0.423 e. The predicted octanol–water partition coefficient (Wildman–Crippen LogP) is 4.96. The van der Waals surface area contributed by atoms with E-state index in [0.29, 0.717) is 11.4 Å². The van der Waals surface area contributed by atoms with Crippen LogP contribution in [0, 0.1) is 0 Å². The van der Waals surface area contributed by atoms with Crippen LogP contribution in [-0.2, 0) is 9.59 Å². The fourth-order valence-corrected chi connectivity index (χ4v) is 2.40. The Kier molecular flexibility index (Phi) is 6.53. The first-order chi connectivity index (χ1) is 13.7. The summed E-state index contributed by atoms with van der Waals surface area (Å²) in [5, 5.41) is 2.76. The second-order valence-corrected chi connectivity index (χ2v) is 5.92. The summed E-state index contributed by atoms with van der Waals surface area (Å²) in [5.74, 6) is -0.300. The van der Waals surface area contributed by atoms with Gasteiger partial charge in [-0.05, 0) is 47.5 Å². The lowest BCUT2D eigenvalue weighted by Crippen LogP contribution is -2.08. The third-order valence-electron chi connectivity index (χ3n) is 3.78. The summed E-state index contributed by atoms with van der Waals surface area (Å²) < 4.78 is 5.25. The van der Waals surface area contributed by atoms with Gasteiger partial charge < -0.3 is 10.1 Å². The van der Waals surface area contributed by atoms with Crippen molar-refractivity contribution < 1.29 is 14.3 Å². The van der Waals surface area contributed by atoms with E-state index >= 15 is 0 Å². The molecule has 138 valence electrons. The molecule has 3 aromatic rings. The maximum atomic E-state index is 12.0. The molecule has 4 nitrogen and oxygen atoms in total. The first kappa shape index (κ1) is 18.9. The Hall–Kier alpha value is -3.92. The highest BCUT2D eigenvalue weighted by Gasteiger charge is 2.02. The molecular weight excluding hydrogens is 350 g/mol. The molecule has 0 aromatic heterocycles. The van der Waals surface area contributed by atoms with Gasteiger partial charge in [-0.3, -0.25) is 4.79 Å². The Morgan fingerprint density at radius 1 is 0.679 bits per heavy atom. The maximum absolute atomic E-state index is 12.0. The number of amides is 1. The minimum Gasteiger partial charge on any atom is -0.423 e. The number of carbonyl (C=O) groups is 2. The van der Waals surface area contributed by atoms with Crippen LogP contribution in [0.25, 0.3) is 12.2 Å². The predicted molar refractivity (Wildman–Crippen MR) is 112 cm³/mol. The first-order valence-electron chi connectivity index (χ1n) is 8.78. The quantitative estimate of drug-likeness (QED) is 0.380. The van der Waals surface area contributed by atoms with Crippen LogP contribution in [0.15, 0.2) is 97.1 Å². The monoisotopic (exact) mass is 369 g/mol. The van der Waals surface area contributed by atoms with Crippen LogP contribution in [-0.4, -0.2) is 11.9 Å². The Bertz CT molecular complexity index is 893. The molecule has 4 heteroatoms. The molecule has 0 unspecified atom stereocenters. The number of hydrogen-bond donors (Lipinski definition) is 1. The highest BCUT2D eigenvalue weighted by molar-refractivity contribution is 6.02. The molecule has 28 heavy (non-hydrogen) atoms. The number of esters is 1. The van der Waals surface area contributed by atoms with Crippen molar-refractivity contribution in [3.8, 4) is 5.75 Å². The Balaban J connectivity index is 1.51. The molecule has 0 saturated carbocycles. The summed E-state index contributed by atoms with van der Waals surface area (Å²) in [6.45, 7) is 0. The fraction of sp³-hybridized carbons (Fsp3) is 0. The third kappa shape index (κ3) is 6.11. The normalized spacial score (nSPS) is 10.9. The van der Waals surface area contributed by atoms with Crippen LogP contribution in [0.1, 0.15) is 11.1 Å². The van der Waals surface area contributed by atoms with Crippen molar-refractivity contribution in [2.24, 2.45) is 0 Å². The zero-order valence-corrected chi connectivity index (χ0v) is 15.1. The minimum atomic E-state index is -0.466. The van der Waals surface area contributed by atoms with E-state index in [4.69, 9.17) is 4.74 Å². The topological polar surface area (TPSA) is 55.4 Å². The Morgan fingerprint density at radius 3 is 1.79 bits per heavy atom. The van der Waals surface area contributed by atoms with E-state index in [0.717, 1.165) is 11.1 Å². The van der Waals surface area contributed by atoms with E-state index < -0.39 is 5.97 Å². The molecular formula is C24H19NO3. The average Bonchev–Trinajstić information content (AvgIpc) is 2.74. The highest BCUT2D eigenvalue weighted by Crippen LogP contribution is 2.16. The van der Waals surface area contributed by atoms with Gasteiger partial charge in [0.1, 0.15) is 5.75 Å². The fourth-order valence-electron chi connectivity index (χ4n) is 2.40. The number of anilines is 1. The van der Waals surface area contributed by atoms with Crippen LogP contribution >= 0.6 is 0 Å². The summed E-state index contributed by atoms with van der Waals surface area (Å²) in [4.78, 5) is 23.9. The van der Waals surface area contributed by atoms with Gasteiger partial charge in [0, 0.05) is 17.8 Å². The number of hydrogen-bond acceptors (Lipinski definition) is 3. The lowest BCUT2D eigenvalue weighted by Gasteiger charge is -2.05. The molecule has 0 aliphatic carbocycles. The number of rotatable bonds is 6. The number of benzene rings is 3. The smallest absolute Gasteiger partial charge is 0.336 e. The summed E-state index contributed by atoms with van der Waals surface area (Å²) in [6, 6.07) is 25.7. The van der Waals surface area contributed by atoms with Gasteiger partial charge in [0.15, 0.2) is 0 Å². The van der Waals surface area contributed by atoms with Crippen molar-refractivity contribution >= 4 is 29.7 Å². The molecule has 0 spiro atoms. The molecule has 3 aromatic carbocycles. The third-order valence-corrected chi connectivity index (χ3v) is 3.78. The van der Waals surface area contributed by atoms with Crippen molar-refractivity contribution in [3.63, 3.8) is 0 Å². The molecule has 0 fully saturated rings. The minimum absolute atomic E-state index is 0.237. The van der Waals surface area contributed by atoms with Crippen molar-refractivity contribution in [3.05, 3.63) is 108 Å². The van der Waals surface area contributed by atoms with Gasteiger partial charge in [0.25, 0.3) is 0 Å². The lowest BCUT2D eigenvalue weighted by molar-refractivity contribution is -0.128. The van der Waals surface area contributed by atoms with Crippen molar-refractivity contribution in [2.75, 3.05) is 5.32 Å². The zero-order chi connectivity index (χ0) is 19.6. The molecule has 0 radical (unpaired) electrons. The zero-order valence-electron chi connectivity index (χ0n) is 15.1. The highest BCUT2D eigenvalue weighted by atomic mass is 16.5. The van der Waals surface area contributed by atoms with Gasteiger partial charge in [0.05, 0.1) is 0 Å². The van der Waals surface area contributed by atoms with E-state index in [1.54, 1.807) is 36.4 Å². The number of nitrogens with one attached hydrogen (secondary N) is 1. The average molecular weight is 369 g/mol. The number of ether oxygens (including phenoxy) is 1. The summed E-state index contributed by atoms with van der Waals surface area (Å²) in [6.07, 6.45) is 6.28. The van der Waals surface area contributed by atoms with E-state index in [2.05, 4.69) is 5.32 Å². The van der Waals surface area contributed by atoms with Gasteiger partial charge in [-0.2, -0.15) is 0 Å². The van der Waals surface area contributed by atoms with Gasteiger partial charge in [0.2, 0.25) is 5.91 Å². The Morgan fingerprint density at radius 2 is 1.21 bits per heavy atom. The lowest BCUT2D eigenvalue weighted by atomic mass is 10.2. The van der Waals surface area contributed by atoms with E-state index in [1.807, 2.05) is 60.7 Å². The summed E-state index contributed by atoms with van der Waals surface area (Å²) >= 11 is 0. The molecule has 1 N–H and O–H groups in total. The maximum Gasteiger partial charge on any atom is 0.336 e. The molecule has 0 saturated heterocycles. The van der Waals surface area contributed by atoms with Crippen LogP contribution in [0.4, 0.5) is 5.69 Å². The second kappa shape index (κ2) is 9.69. The Labute approximate surface area is 163 Å². The molecule has 0 heterocycles. The molecule has 0 bridgehead atoms. The van der Waals surface area contributed by atoms with E-state index in [-0.39, 0.29) is 5.91 Å². The van der Waals surface area contributed by atoms with E-state index in [1.165, 1.54) is 12.2 Å². The first-order valence-corrected chi connectivity index (χ1v) is 8.78. The number of carbonyl (C=O) groups excluding carboxylic acids is 2. The van der Waals surface area contributed by atoms with E-state index in [9.17, 15) is 9.59 Å². The summed E-state index contributed by atoms with van der Waals surface area (Å²) in [7, 11) is 0. The molecule has 0 aliphatic heterocycles. The SMILES string of the molecule is O=C(/C=C/c1ccccc1)Nc1ccc(OC(=O)/C=C\c2ccccc2)cc1. The molecule has 1 amide bonds. The van der Waals surface area contributed by atoms with Crippen LogP contribution in [0.3, 0.4) is 0 Å².